The van der Waals surface area contributed by atoms with E-state index in [1.54, 1.807) is 18.2 Å². The molecule has 2 heterocycles. The minimum atomic E-state index is -1.22. The molecule has 1 aliphatic heterocycles. The molecular weight excluding hydrogens is 288 g/mol. The Balaban J connectivity index is 1.60. The maximum absolute atomic E-state index is 12.8. The molecule has 1 saturated heterocycles. The second kappa shape index (κ2) is 4.81. The lowest BCUT2D eigenvalue weighted by Crippen LogP contribution is -2.48. The summed E-state index contributed by atoms with van der Waals surface area (Å²) in [6.07, 6.45) is 5.03. The van der Waals surface area contributed by atoms with Crippen LogP contribution in [0.5, 0.6) is 0 Å². The van der Waals surface area contributed by atoms with E-state index in [0.717, 1.165) is 25.7 Å². The van der Waals surface area contributed by atoms with Crippen LogP contribution in [-0.2, 0) is 15.5 Å². The molecule has 1 saturated carbocycles. The molecule has 1 aliphatic carbocycles. The van der Waals surface area contributed by atoms with Crippen LogP contribution in [0.15, 0.2) is 27.8 Å². The topological polar surface area (TPSA) is 78.3 Å². The number of aromatic nitrogens is 1. The molecule has 6 heteroatoms. The van der Waals surface area contributed by atoms with Crippen molar-refractivity contribution in [2.24, 2.45) is 0 Å². The highest BCUT2D eigenvalue weighted by molar-refractivity contribution is 7.85. The van der Waals surface area contributed by atoms with Crippen molar-refractivity contribution in [3.8, 4) is 0 Å². The number of nitrogens with zero attached hydrogens (tertiary/aromatic N) is 1. The highest BCUT2D eigenvalue weighted by Gasteiger charge is 2.44. The van der Waals surface area contributed by atoms with Gasteiger partial charge in [0.2, 0.25) is 0 Å². The number of nitrogens with two attached hydrogens (primary N) is 1. The fourth-order valence-corrected chi connectivity index (χ4v) is 4.64. The van der Waals surface area contributed by atoms with Gasteiger partial charge in [-0.05, 0) is 44.2 Å². The predicted octanol–water partition coefficient (Wildman–Crippen LogP) is 2.62. The van der Waals surface area contributed by atoms with Crippen LogP contribution in [0, 0.1) is 0 Å². The van der Waals surface area contributed by atoms with Crippen molar-refractivity contribution >= 4 is 27.6 Å². The lowest BCUT2D eigenvalue weighted by Gasteiger charge is -2.46. The number of fused-ring (bicyclic) bond motifs is 1. The summed E-state index contributed by atoms with van der Waals surface area (Å²) in [6, 6.07) is 5.29. The van der Waals surface area contributed by atoms with E-state index < -0.39 is 10.8 Å². The summed E-state index contributed by atoms with van der Waals surface area (Å²) < 4.78 is 24.3. The molecule has 5 nitrogen and oxygen atoms in total. The SMILES string of the molecule is Nc1ccc2nc(S(=O)C3CCOC4(CCC4)C3)oc2c1. The van der Waals surface area contributed by atoms with E-state index in [4.69, 9.17) is 14.9 Å². The quantitative estimate of drug-likeness (QED) is 0.863. The molecule has 2 aliphatic rings. The zero-order valence-electron chi connectivity index (χ0n) is 11.7. The van der Waals surface area contributed by atoms with Gasteiger partial charge in [0.25, 0.3) is 5.22 Å². The van der Waals surface area contributed by atoms with Gasteiger partial charge >= 0.3 is 0 Å². The average Bonchev–Trinajstić information content (AvgIpc) is 2.88. The highest BCUT2D eigenvalue weighted by atomic mass is 32.2. The Kier molecular flexibility index (Phi) is 3.04. The maximum Gasteiger partial charge on any atom is 0.288 e. The summed E-state index contributed by atoms with van der Waals surface area (Å²) in [5, 5.41) is 0.390. The fourth-order valence-electron chi connectivity index (χ4n) is 3.23. The van der Waals surface area contributed by atoms with Crippen LogP contribution in [0.4, 0.5) is 5.69 Å². The van der Waals surface area contributed by atoms with Crippen LogP contribution in [0.1, 0.15) is 32.1 Å². The second-order valence-corrected chi connectivity index (χ2v) is 7.61. The fraction of sp³-hybridized carbons (Fsp3) is 0.533. The molecule has 0 amide bonds. The van der Waals surface area contributed by atoms with E-state index in [0.29, 0.717) is 28.6 Å². The third-order valence-corrected chi connectivity index (χ3v) is 6.11. The number of nitrogen functional groups attached to an aromatic ring is 1. The Morgan fingerprint density at radius 2 is 2.24 bits per heavy atom. The van der Waals surface area contributed by atoms with Gasteiger partial charge in [-0.2, -0.15) is 0 Å². The number of benzene rings is 1. The lowest BCUT2D eigenvalue weighted by atomic mass is 9.75. The minimum Gasteiger partial charge on any atom is -0.430 e. The molecule has 1 aromatic heterocycles. The minimum absolute atomic E-state index is 0.0188. The zero-order chi connectivity index (χ0) is 14.4. The summed E-state index contributed by atoms with van der Waals surface area (Å²) >= 11 is 0. The van der Waals surface area contributed by atoms with Gasteiger partial charge in [0.05, 0.1) is 5.60 Å². The van der Waals surface area contributed by atoms with Gasteiger partial charge in [-0.25, -0.2) is 9.19 Å². The van der Waals surface area contributed by atoms with Crippen molar-refractivity contribution in [1.29, 1.82) is 0 Å². The lowest BCUT2D eigenvalue weighted by molar-refractivity contribution is -0.125. The third kappa shape index (κ3) is 2.26. The van der Waals surface area contributed by atoms with E-state index in [2.05, 4.69) is 4.98 Å². The number of ether oxygens (including phenoxy) is 1. The smallest absolute Gasteiger partial charge is 0.288 e. The molecule has 2 fully saturated rings. The van der Waals surface area contributed by atoms with Crippen LogP contribution in [0.3, 0.4) is 0 Å². The van der Waals surface area contributed by atoms with Crippen LogP contribution < -0.4 is 5.73 Å². The van der Waals surface area contributed by atoms with Gasteiger partial charge in [0, 0.05) is 23.6 Å². The van der Waals surface area contributed by atoms with E-state index >= 15 is 0 Å². The number of oxazole rings is 1. The first kappa shape index (κ1) is 13.3. The molecule has 4 rings (SSSR count). The molecule has 0 radical (unpaired) electrons. The number of hydrogen-bond donors (Lipinski definition) is 1. The summed E-state index contributed by atoms with van der Waals surface area (Å²) in [6.45, 7) is 0.684. The largest absolute Gasteiger partial charge is 0.430 e. The molecule has 1 spiro atoms. The first-order valence-electron chi connectivity index (χ1n) is 7.36. The highest BCUT2D eigenvalue weighted by Crippen LogP contribution is 2.44. The molecule has 2 unspecified atom stereocenters. The molecule has 112 valence electrons. The van der Waals surface area contributed by atoms with Gasteiger partial charge in [-0.3, -0.25) is 0 Å². The Hall–Kier alpha value is -1.40. The van der Waals surface area contributed by atoms with Crippen molar-refractivity contribution in [2.75, 3.05) is 12.3 Å². The van der Waals surface area contributed by atoms with Crippen molar-refractivity contribution in [1.82, 2.24) is 4.98 Å². The summed E-state index contributed by atoms with van der Waals surface area (Å²) in [4.78, 5) is 4.36. The predicted molar refractivity (Wildman–Crippen MR) is 80.4 cm³/mol. The van der Waals surface area contributed by atoms with Crippen molar-refractivity contribution in [3.05, 3.63) is 18.2 Å². The molecule has 2 N–H and O–H groups in total. The van der Waals surface area contributed by atoms with Crippen LogP contribution in [0.2, 0.25) is 0 Å². The average molecular weight is 306 g/mol. The Morgan fingerprint density at radius 1 is 1.38 bits per heavy atom. The monoisotopic (exact) mass is 306 g/mol. The van der Waals surface area contributed by atoms with Crippen molar-refractivity contribution < 1.29 is 13.4 Å². The summed E-state index contributed by atoms with van der Waals surface area (Å²) in [5.41, 5.74) is 7.64. The van der Waals surface area contributed by atoms with E-state index in [-0.39, 0.29) is 10.9 Å². The van der Waals surface area contributed by atoms with Crippen LogP contribution in [-0.4, -0.2) is 26.7 Å². The Labute approximate surface area is 125 Å². The van der Waals surface area contributed by atoms with Crippen LogP contribution >= 0.6 is 0 Å². The number of hydrogen-bond acceptors (Lipinski definition) is 5. The normalized spacial score (nSPS) is 25.8. The van der Waals surface area contributed by atoms with Crippen LogP contribution in [0.25, 0.3) is 11.1 Å². The molecule has 0 bridgehead atoms. The maximum atomic E-state index is 12.8. The van der Waals surface area contributed by atoms with Gasteiger partial charge in [-0.15, -0.1) is 0 Å². The molecular formula is C15H18N2O3S. The molecule has 2 atom stereocenters. The van der Waals surface area contributed by atoms with Gasteiger partial charge in [0.1, 0.15) is 16.3 Å². The van der Waals surface area contributed by atoms with Gasteiger partial charge in [-0.1, -0.05) is 0 Å². The summed E-state index contributed by atoms with van der Waals surface area (Å²) in [5.74, 6) is 0. The summed E-state index contributed by atoms with van der Waals surface area (Å²) in [7, 11) is -1.22. The third-order valence-electron chi connectivity index (χ3n) is 4.58. The number of anilines is 1. The first-order chi connectivity index (χ1) is 10.2. The Morgan fingerprint density at radius 3 is 3.00 bits per heavy atom. The van der Waals surface area contributed by atoms with Crippen molar-refractivity contribution in [3.63, 3.8) is 0 Å². The molecule has 1 aromatic carbocycles. The van der Waals surface area contributed by atoms with E-state index in [1.807, 2.05) is 0 Å². The molecule has 2 aromatic rings. The van der Waals surface area contributed by atoms with E-state index in [1.165, 1.54) is 6.42 Å². The molecule has 21 heavy (non-hydrogen) atoms. The van der Waals surface area contributed by atoms with Gasteiger partial charge < -0.3 is 14.9 Å². The Bertz CT molecular complexity index is 708. The van der Waals surface area contributed by atoms with E-state index in [9.17, 15) is 4.21 Å². The van der Waals surface area contributed by atoms with Gasteiger partial charge in [0.15, 0.2) is 5.58 Å². The first-order valence-corrected chi connectivity index (χ1v) is 8.57. The van der Waals surface area contributed by atoms with Crippen molar-refractivity contribution in [2.45, 2.75) is 48.2 Å². The second-order valence-electron chi connectivity index (χ2n) is 6.00. The number of rotatable bonds is 2. The standard InChI is InChI=1S/C15H18N2O3S/c16-10-2-3-12-13(8-10)20-14(17-12)21(18)11-4-7-19-15(9-11)5-1-6-15/h2-3,8,11H,1,4-7,9,16H2. The zero-order valence-corrected chi connectivity index (χ0v) is 12.5.